The van der Waals surface area contributed by atoms with Gasteiger partial charge in [-0.25, -0.2) is 0 Å². The van der Waals surface area contributed by atoms with Crippen molar-refractivity contribution >= 4 is 55.6 Å². The molecule has 1 atom stereocenters. The lowest BCUT2D eigenvalue weighted by Crippen LogP contribution is -2.22. The molecule has 1 aromatic heterocycles. The SMILES string of the molecule is CC1(C)c2ccccc2-c2ccc(-c3ccc4ccc(-n5c6ccccc6c6ccc7c(c65)P(=O)(c5ccccc5)c5ccccc5-7)cc4c3)cc21. The molecule has 0 spiro atoms. The van der Waals surface area contributed by atoms with Crippen molar-refractivity contribution in [3.05, 3.63) is 181 Å². The minimum absolute atomic E-state index is 0.0540. The molecule has 0 saturated carbocycles. The quantitative estimate of drug-likeness (QED) is 0.170. The Labute approximate surface area is 303 Å². The van der Waals surface area contributed by atoms with E-state index >= 15 is 4.57 Å². The number of benzene rings is 8. The van der Waals surface area contributed by atoms with Crippen LogP contribution in [0.4, 0.5) is 0 Å². The zero-order chi connectivity index (χ0) is 34.8. The van der Waals surface area contributed by atoms with E-state index in [0.717, 1.165) is 54.5 Å². The summed E-state index contributed by atoms with van der Waals surface area (Å²) < 4.78 is 18.3. The van der Waals surface area contributed by atoms with Gasteiger partial charge in [-0.3, -0.25) is 0 Å². The number of para-hydroxylation sites is 1. The molecule has 1 aliphatic carbocycles. The van der Waals surface area contributed by atoms with Crippen LogP contribution >= 0.6 is 7.14 Å². The minimum Gasteiger partial charge on any atom is -0.309 e. The minimum atomic E-state index is -3.21. The normalized spacial score (nSPS) is 16.6. The van der Waals surface area contributed by atoms with Gasteiger partial charge in [-0.2, -0.15) is 0 Å². The van der Waals surface area contributed by atoms with Gasteiger partial charge in [-0.1, -0.05) is 153 Å². The van der Waals surface area contributed by atoms with Gasteiger partial charge in [0.15, 0.2) is 7.14 Å². The van der Waals surface area contributed by atoms with Crippen LogP contribution in [0.15, 0.2) is 170 Å². The van der Waals surface area contributed by atoms with Gasteiger partial charge in [0.05, 0.1) is 16.3 Å². The number of hydrogen-bond donors (Lipinski definition) is 0. The number of hydrogen-bond acceptors (Lipinski definition) is 1. The van der Waals surface area contributed by atoms with E-state index in [2.05, 4.69) is 152 Å². The van der Waals surface area contributed by atoms with Crippen molar-refractivity contribution in [2.45, 2.75) is 19.3 Å². The van der Waals surface area contributed by atoms with E-state index in [4.69, 9.17) is 0 Å². The van der Waals surface area contributed by atoms with Crippen LogP contribution < -0.4 is 15.9 Å². The van der Waals surface area contributed by atoms with Crippen molar-refractivity contribution in [3.63, 3.8) is 0 Å². The summed E-state index contributed by atoms with van der Waals surface area (Å²) in [6.07, 6.45) is 0. The van der Waals surface area contributed by atoms with Crippen molar-refractivity contribution in [1.29, 1.82) is 0 Å². The molecule has 0 fully saturated rings. The smallest absolute Gasteiger partial charge is 0.174 e. The van der Waals surface area contributed by atoms with Gasteiger partial charge in [-0.05, 0) is 85.6 Å². The van der Waals surface area contributed by atoms with Crippen molar-refractivity contribution < 1.29 is 4.57 Å². The van der Waals surface area contributed by atoms with Crippen molar-refractivity contribution in [3.8, 4) is 39.1 Å². The first-order chi connectivity index (χ1) is 25.4. The summed E-state index contributed by atoms with van der Waals surface area (Å²) in [6, 6.07) is 60.8. The largest absolute Gasteiger partial charge is 0.309 e. The lowest BCUT2D eigenvalue weighted by molar-refractivity contribution is 0.593. The second kappa shape index (κ2) is 10.5. The maximum absolute atomic E-state index is 15.9. The van der Waals surface area contributed by atoms with E-state index in [0.29, 0.717) is 0 Å². The summed E-state index contributed by atoms with van der Waals surface area (Å²) in [7, 11) is -3.21. The van der Waals surface area contributed by atoms with Crippen LogP contribution in [0, 0.1) is 0 Å². The van der Waals surface area contributed by atoms with Crippen molar-refractivity contribution in [2.24, 2.45) is 0 Å². The van der Waals surface area contributed by atoms with Gasteiger partial charge in [0.1, 0.15) is 0 Å². The third kappa shape index (κ3) is 3.88. The average molecular weight is 684 g/mol. The highest BCUT2D eigenvalue weighted by Crippen LogP contribution is 2.55. The fraction of sp³-hybridized carbons (Fsp3) is 0.0612. The molecule has 246 valence electrons. The zero-order valence-corrected chi connectivity index (χ0v) is 29.9. The van der Waals surface area contributed by atoms with Gasteiger partial charge in [-0.15, -0.1) is 0 Å². The highest BCUT2D eigenvalue weighted by atomic mass is 31.2. The summed E-state index contributed by atoms with van der Waals surface area (Å²) in [6.45, 7) is 4.68. The Morgan fingerprint density at radius 3 is 2.06 bits per heavy atom. The number of aromatic nitrogens is 1. The Morgan fingerprint density at radius 2 is 1.17 bits per heavy atom. The van der Waals surface area contributed by atoms with E-state index in [-0.39, 0.29) is 5.41 Å². The fourth-order valence-electron chi connectivity index (χ4n) is 9.28. The molecule has 9 aromatic rings. The maximum atomic E-state index is 15.9. The monoisotopic (exact) mass is 683 g/mol. The van der Waals surface area contributed by atoms with Crippen LogP contribution in [0.1, 0.15) is 25.0 Å². The maximum Gasteiger partial charge on any atom is 0.174 e. The lowest BCUT2D eigenvalue weighted by Gasteiger charge is -2.22. The molecule has 0 bridgehead atoms. The second-order valence-electron chi connectivity index (χ2n) is 14.8. The zero-order valence-electron chi connectivity index (χ0n) is 29.0. The first-order valence-corrected chi connectivity index (χ1v) is 19.7. The van der Waals surface area contributed by atoms with Crippen LogP contribution in [0.5, 0.6) is 0 Å². The molecule has 0 N–H and O–H groups in total. The Bertz CT molecular complexity index is 3020. The van der Waals surface area contributed by atoms with Crippen LogP contribution in [0.3, 0.4) is 0 Å². The van der Waals surface area contributed by atoms with Gasteiger partial charge in [0.25, 0.3) is 0 Å². The highest BCUT2D eigenvalue weighted by molar-refractivity contribution is 7.86. The molecule has 52 heavy (non-hydrogen) atoms. The molecule has 8 aromatic carbocycles. The predicted molar refractivity (Wildman–Crippen MR) is 220 cm³/mol. The van der Waals surface area contributed by atoms with E-state index < -0.39 is 7.14 Å². The second-order valence-corrected chi connectivity index (χ2v) is 17.5. The predicted octanol–water partition coefficient (Wildman–Crippen LogP) is 11.5. The molecule has 2 aliphatic rings. The van der Waals surface area contributed by atoms with Gasteiger partial charge >= 0.3 is 0 Å². The summed E-state index contributed by atoms with van der Waals surface area (Å²) in [4.78, 5) is 0. The summed E-state index contributed by atoms with van der Waals surface area (Å²) in [5, 5.41) is 7.36. The molecule has 0 radical (unpaired) electrons. The molecule has 3 heteroatoms. The molecule has 1 unspecified atom stereocenters. The molecule has 11 rings (SSSR count). The Kier molecular flexibility index (Phi) is 6.03. The van der Waals surface area contributed by atoms with Crippen molar-refractivity contribution in [2.75, 3.05) is 0 Å². The van der Waals surface area contributed by atoms with Crippen LogP contribution in [-0.4, -0.2) is 4.57 Å². The third-order valence-electron chi connectivity index (χ3n) is 11.8. The topological polar surface area (TPSA) is 22.0 Å². The van der Waals surface area contributed by atoms with Crippen LogP contribution in [0.25, 0.3) is 71.6 Å². The number of nitrogens with zero attached hydrogens (tertiary/aromatic N) is 1. The van der Waals surface area contributed by atoms with Gasteiger partial charge in [0, 0.05) is 32.5 Å². The lowest BCUT2D eigenvalue weighted by atomic mass is 9.81. The first kappa shape index (κ1) is 29.7. The Morgan fingerprint density at radius 1 is 0.500 bits per heavy atom. The molecule has 0 amide bonds. The van der Waals surface area contributed by atoms with E-state index in [9.17, 15) is 0 Å². The molecular weight excluding hydrogens is 650 g/mol. The summed E-state index contributed by atoms with van der Waals surface area (Å²) in [5.74, 6) is 0. The van der Waals surface area contributed by atoms with E-state index in [1.165, 1.54) is 44.2 Å². The van der Waals surface area contributed by atoms with Gasteiger partial charge in [0.2, 0.25) is 0 Å². The average Bonchev–Trinajstić information content (AvgIpc) is 3.76. The molecule has 1 aliphatic heterocycles. The Balaban J connectivity index is 1.14. The fourth-order valence-corrected chi connectivity index (χ4v) is 12.5. The highest BCUT2D eigenvalue weighted by Gasteiger charge is 2.43. The summed E-state index contributed by atoms with van der Waals surface area (Å²) >= 11 is 0. The van der Waals surface area contributed by atoms with Crippen LogP contribution in [0.2, 0.25) is 0 Å². The molecule has 2 nitrogen and oxygen atoms in total. The molecular formula is C49H34NOP. The van der Waals surface area contributed by atoms with E-state index in [1.54, 1.807) is 0 Å². The number of rotatable bonds is 3. The standard InChI is InChI=1S/C49H34NOP/c1-49(2)43-17-9-6-14-37(43)38-25-23-33(30-44(38)49)32-21-20-31-22-24-35(29-34(31)28-32)50-45-18-10-7-15-39(45)41-26-27-42-40-16-8-11-19-46(40)52(51,48(42)47(41)50)36-12-4-3-5-13-36/h3-30H,1-2H3. The van der Waals surface area contributed by atoms with Crippen molar-refractivity contribution in [1.82, 2.24) is 4.57 Å². The molecule has 2 heterocycles. The van der Waals surface area contributed by atoms with Gasteiger partial charge < -0.3 is 9.13 Å². The summed E-state index contributed by atoms with van der Waals surface area (Å²) in [5.41, 5.74) is 13.1. The third-order valence-corrected chi connectivity index (χ3v) is 15.0. The Hall–Kier alpha value is -5.95. The number of fused-ring (bicyclic) bond motifs is 11. The first-order valence-electron chi connectivity index (χ1n) is 18.0. The van der Waals surface area contributed by atoms with E-state index in [1.807, 2.05) is 36.4 Å². The van der Waals surface area contributed by atoms with Crippen LogP contribution in [-0.2, 0) is 9.98 Å². The molecule has 0 saturated heterocycles.